The Morgan fingerprint density at radius 3 is 2.79 bits per heavy atom. The van der Waals surface area contributed by atoms with E-state index in [1.165, 1.54) is 0 Å². The van der Waals surface area contributed by atoms with E-state index in [9.17, 15) is 4.79 Å². The number of nitrogen functional groups attached to an aromatic ring is 1. The van der Waals surface area contributed by atoms with Crippen molar-refractivity contribution in [2.45, 2.75) is 33.6 Å². The fraction of sp³-hybridized carbons (Fsp3) is 0.500. The predicted molar refractivity (Wildman–Crippen MR) is 71.7 cm³/mol. The second-order valence-electron chi connectivity index (χ2n) is 4.47. The Balaban J connectivity index is 2.34. The summed E-state index contributed by atoms with van der Waals surface area (Å²) >= 11 is 0. The molecule has 0 radical (unpaired) electrons. The smallest absolute Gasteiger partial charge is 0.254 e. The zero-order valence-corrected chi connectivity index (χ0v) is 11.4. The van der Waals surface area contributed by atoms with Crippen molar-refractivity contribution in [2.75, 3.05) is 12.3 Å². The van der Waals surface area contributed by atoms with Crippen LogP contribution in [0.15, 0.2) is 0 Å². The van der Waals surface area contributed by atoms with E-state index in [1.54, 1.807) is 4.52 Å². The van der Waals surface area contributed by atoms with Gasteiger partial charge >= 0.3 is 0 Å². The van der Waals surface area contributed by atoms with Crippen molar-refractivity contribution in [3.05, 3.63) is 17.0 Å². The molecule has 0 atom stereocenters. The Morgan fingerprint density at radius 1 is 1.37 bits per heavy atom. The average molecular weight is 262 g/mol. The van der Waals surface area contributed by atoms with E-state index in [-0.39, 0.29) is 11.9 Å². The molecule has 7 heteroatoms. The molecule has 0 fully saturated rings. The van der Waals surface area contributed by atoms with Crippen LogP contribution in [0.4, 0.5) is 5.95 Å². The summed E-state index contributed by atoms with van der Waals surface area (Å²) in [7, 11) is 0. The molecule has 2 heterocycles. The largest absolute Gasteiger partial charge is 0.366 e. The molecule has 0 aliphatic rings. The number of nitrogens with one attached hydrogen (secondary N) is 1. The van der Waals surface area contributed by atoms with Gasteiger partial charge in [-0.1, -0.05) is 6.92 Å². The maximum absolute atomic E-state index is 11.8. The summed E-state index contributed by atoms with van der Waals surface area (Å²) in [6.07, 6.45) is 1.21. The van der Waals surface area contributed by atoms with Crippen molar-refractivity contribution in [3.8, 4) is 0 Å². The van der Waals surface area contributed by atoms with Gasteiger partial charge in [0.1, 0.15) is 0 Å². The zero-order chi connectivity index (χ0) is 14.0. The summed E-state index contributed by atoms with van der Waals surface area (Å²) in [6, 6.07) is 0. The van der Waals surface area contributed by atoms with E-state index in [1.807, 2.05) is 20.8 Å². The third kappa shape index (κ3) is 2.64. The van der Waals surface area contributed by atoms with E-state index in [2.05, 4.69) is 20.4 Å². The van der Waals surface area contributed by atoms with Gasteiger partial charge in [0.15, 0.2) is 0 Å². The molecule has 102 valence electrons. The van der Waals surface area contributed by atoms with E-state index in [0.29, 0.717) is 18.7 Å². The van der Waals surface area contributed by atoms with Crippen LogP contribution >= 0.6 is 0 Å². The Hall–Kier alpha value is -2.18. The summed E-state index contributed by atoms with van der Waals surface area (Å²) in [4.78, 5) is 20.2. The van der Waals surface area contributed by atoms with Gasteiger partial charge in [0, 0.05) is 23.5 Å². The summed E-state index contributed by atoms with van der Waals surface area (Å²) in [5.41, 5.74) is 8.06. The molecule has 0 aliphatic carbocycles. The minimum atomic E-state index is -0.0118. The highest BCUT2D eigenvalue weighted by atomic mass is 16.1. The molecule has 1 amide bonds. The van der Waals surface area contributed by atoms with Gasteiger partial charge in [0.05, 0.1) is 6.42 Å². The number of carbonyl (C=O) groups is 1. The van der Waals surface area contributed by atoms with Gasteiger partial charge in [-0.3, -0.25) is 4.79 Å². The van der Waals surface area contributed by atoms with Crippen molar-refractivity contribution < 1.29 is 4.79 Å². The van der Waals surface area contributed by atoms with Gasteiger partial charge in [-0.15, -0.1) is 5.10 Å². The number of aromatic nitrogens is 4. The van der Waals surface area contributed by atoms with Crippen LogP contribution in [-0.2, 0) is 11.2 Å². The first-order valence-corrected chi connectivity index (χ1v) is 6.28. The number of anilines is 1. The van der Waals surface area contributed by atoms with Crippen LogP contribution in [0.2, 0.25) is 0 Å². The highest BCUT2D eigenvalue weighted by molar-refractivity contribution is 5.79. The molecule has 0 bridgehead atoms. The molecule has 19 heavy (non-hydrogen) atoms. The highest BCUT2D eigenvalue weighted by Crippen LogP contribution is 2.14. The Labute approximate surface area is 111 Å². The molecule has 0 unspecified atom stereocenters. The summed E-state index contributed by atoms with van der Waals surface area (Å²) in [5.74, 6) is 0.634. The molecule has 7 nitrogen and oxygen atoms in total. The van der Waals surface area contributed by atoms with Crippen LogP contribution in [0, 0.1) is 13.8 Å². The second kappa shape index (κ2) is 5.21. The molecule has 0 saturated heterocycles. The van der Waals surface area contributed by atoms with Crippen molar-refractivity contribution in [2.24, 2.45) is 0 Å². The molecule has 0 aromatic carbocycles. The fourth-order valence-corrected chi connectivity index (χ4v) is 1.97. The first kappa shape index (κ1) is 13.3. The number of amides is 1. The zero-order valence-electron chi connectivity index (χ0n) is 11.4. The quantitative estimate of drug-likeness (QED) is 0.830. The monoisotopic (exact) mass is 262 g/mol. The normalized spacial score (nSPS) is 10.9. The summed E-state index contributed by atoms with van der Waals surface area (Å²) < 4.78 is 1.57. The second-order valence-corrected chi connectivity index (χ2v) is 4.47. The minimum absolute atomic E-state index is 0.0118. The lowest BCUT2D eigenvalue weighted by Crippen LogP contribution is -2.26. The number of fused-ring (bicyclic) bond motifs is 1. The molecule has 3 N–H and O–H groups in total. The number of hydrogen-bond acceptors (Lipinski definition) is 5. The molecule has 0 saturated carbocycles. The predicted octanol–water partition coefficient (Wildman–Crippen LogP) is 0.392. The Bertz CT molecular complexity index is 618. The van der Waals surface area contributed by atoms with Crippen molar-refractivity contribution in [3.63, 3.8) is 0 Å². The lowest BCUT2D eigenvalue weighted by Gasteiger charge is -2.10. The van der Waals surface area contributed by atoms with Crippen LogP contribution in [0.5, 0.6) is 0 Å². The highest BCUT2D eigenvalue weighted by Gasteiger charge is 2.14. The van der Waals surface area contributed by atoms with Gasteiger partial charge in [0.25, 0.3) is 5.78 Å². The summed E-state index contributed by atoms with van der Waals surface area (Å²) in [5, 5.41) is 6.92. The van der Waals surface area contributed by atoms with Gasteiger partial charge in [0.2, 0.25) is 11.9 Å². The average Bonchev–Trinajstić information content (AvgIpc) is 2.72. The molecule has 0 spiro atoms. The van der Waals surface area contributed by atoms with E-state index < -0.39 is 0 Å². The first-order valence-electron chi connectivity index (χ1n) is 6.28. The maximum Gasteiger partial charge on any atom is 0.254 e. The van der Waals surface area contributed by atoms with Gasteiger partial charge < -0.3 is 11.1 Å². The minimum Gasteiger partial charge on any atom is -0.366 e. The van der Waals surface area contributed by atoms with Crippen LogP contribution in [0.1, 0.15) is 30.3 Å². The van der Waals surface area contributed by atoms with Gasteiger partial charge in [-0.2, -0.15) is 9.50 Å². The molecular formula is C12H18N6O. The fourth-order valence-electron chi connectivity index (χ4n) is 1.97. The third-order valence-corrected chi connectivity index (χ3v) is 2.97. The SMILES string of the molecule is CCCNC(=O)Cc1c(C)nc2nc(N)nn2c1C. The number of hydrogen-bond donors (Lipinski definition) is 2. The van der Waals surface area contributed by atoms with Gasteiger partial charge in [-0.05, 0) is 20.3 Å². The molecule has 2 aromatic heterocycles. The molecular weight excluding hydrogens is 244 g/mol. The van der Waals surface area contributed by atoms with Crippen LogP contribution in [0.3, 0.4) is 0 Å². The lowest BCUT2D eigenvalue weighted by atomic mass is 10.1. The van der Waals surface area contributed by atoms with E-state index in [4.69, 9.17) is 5.73 Å². The van der Waals surface area contributed by atoms with Crippen LogP contribution < -0.4 is 11.1 Å². The standard InChI is InChI=1S/C12H18N6O/c1-4-5-14-10(19)6-9-7(2)15-12-16-11(13)17-18(12)8(9)3/h4-6H2,1-3H3,(H2,13,17)(H,14,19). The molecule has 2 aromatic rings. The number of nitrogens with zero attached hydrogens (tertiary/aromatic N) is 4. The van der Waals surface area contributed by atoms with Crippen molar-refractivity contribution >= 4 is 17.6 Å². The van der Waals surface area contributed by atoms with Crippen molar-refractivity contribution in [1.82, 2.24) is 24.9 Å². The number of aryl methyl sites for hydroxylation is 2. The number of carbonyl (C=O) groups excluding carboxylic acids is 1. The number of rotatable bonds is 4. The third-order valence-electron chi connectivity index (χ3n) is 2.97. The summed E-state index contributed by atoms with van der Waals surface area (Å²) in [6.45, 7) is 6.45. The molecule has 0 aliphatic heterocycles. The Morgan fingerprint density at radius 2 is 2.11 bits per heavy atom. The lowest BCUT2D eigenvalue weighted by molar-refractivity contribution is -0.120. The van der Waals surface area contributed by atoms with Crippen LogP contribution in [0.25, 0.3) is 5.78 Å². The van der Waals surface area contributed by atoms with E-state index in [0.717, 1.165) is 23.4 Å². The van der Waals surface area contributed by atoms with Gasteiger partial charge in [-0.25, -0.2) is 4.98 Å². The maximum atomic E-state index is 11.8. The molecule has 2 rings (SSSR count). The van der Waals surface area contributed by atoms with E-state index >= 15 is 0 Å². The Kier molecular flexibility index (Phi) is 3.64. The first-order chi connectivity index (χ1) is 9.02. The topological polar surface area (TPSA) is 98.2 Å². The number of nitrogens with two attached hydrogens (primary N) is 1. The van der Waals surface area contributed by atoms with Crippen molar-refractivity contribution in [1.29, 1.82) is 0 Å². The van der Waals surface area contributed by atoms with Crippen LogP contribution in [-0.4, -0.2) is 32.0 Å².